The Kier molecular flexibility index (Phi) is 6.06. The lowest BCUT2D eigenvalue weighted by Crippen LogP contribution is -2.11. The lowest BCUT2D eigenvalue weighted by molar-refractivity contribution is -0.108. The molecule has 0 bridgehead atoms. The van der Waals surface area contributed by atoms with E-state index < -0.39 is 11.0 Å². The van der Waals surface area contributed by atoms with Crippen molar-refractivity contribution in [3.05, 3.63) is 11.5 Å². The first-order valence-electron chi connectivity index (χ1n) is 3.08. The minimum Gasteiger partial charge on any atom is -0.278 e. The van der Waals surface area contributed by atoms with Gasteiger partial charge in [-0.25, -0.2) is 4.21 Å². The highest BCUT2D eigenvalue weighted by Gasteiger charge is 1.85. The summed E-state index contributed by atoms with van der Waals surface area (Å²) >= 11 is 0. The van der Waals surface area contributed by atoms with Crippen LogP contribution in [0.2, 0.25) is 0 Å². The fourth-order valence-corrected chi connectivity index (χ4v) is 0.893. The molecular formula is C6H11NO2S. The maximum Gasteiger partial charge on any atom is 0.219 e. The second-order valence-electron chi connectivity index (χ2n) is 1.69. The van der Waals surface area contributed by atoms with Crippen molar-refractivity contribution in [2.45, 2.75) is 19.8 Å². The maximum absolute atomic E-state index is 10.6. The monoisotopic (exact) mass is 161 g/mol. The van der Waals surface area contributed by atoms with Crippen LogP contribution in [0.4, 0.5) is 0 Å². The summed E-state index contributed by atoms with van der Waals surface area (Å²) in [5.41, 5.74) is 0. The Labute approximate surface area is 63.1 Å². The lowest BCUT2D eigenvalue weighted by atomic mass is 10.3. The number of carbonyl (C=O) groups excluding carboxylic acids is 1. The van der Waals surface area contributed by atoms with Crippen molar-refractivity contribution in [3.8, 4) is 0 Å². The van der Waals surface area contributed by atoms with Gasteiger partial charge in [0.15, 0.2) is 0 Å². The molecule has 3 nitrogen and oxygen atoms in total. The van der Waals surface area contributed by atoms with Gasteiger partial charge in [0.25, 0.3) is 0 Å². The zero-order chi connectivity index (χ0) is 7.82. The highest BCUT2D eigenvalue weighted by atomic mass is 32.2. The van der Waals surface area contributed by atoms with Crippen molar-refractivity contribution in [3.63, 3.8) is 0 Å². The van der Waals surface area contributed by atoms with E-state index in [1.807, 2.05) is 6.92 Å². The van der Waals surface area contributed by atoms with Gasteiger partial charge < -0.3 is 0 Å². The summed E-state index contributed by atoms with van der Waals surface area (Å²) < 4.78 is 12.7. The van der Waals surface area contributed by atoms with Crippen LogP contribution in [0.1, 0.15) is 19.8 Å². The minimum atomic E-state index is -1.32. The standard InChI is InChI=1S/C6H11NO2S/c1-2-3-4-5-10(9)7-6-8/h4-6H,2-3H2,1H3,(H,7,8). The Bertz CT molecular complexity index is 145. The molecule has 1 unspecified atom stereocenters. The summed E-state index contributed by atoms with van der Waals surface area (Å²) in [7, 11) is -1.32. The molecule has 58 valence electrons. The molecule has 0 aromatic heterocycles. The van der Waals surface area contributed by atoms with E-state index in [2.05, 4.69) is 4.72 Å². The van der Waals surface area contributed by atoms with Gasteiger partial charge in [-0.05, 0) is 6.42 Å². The summed E-state index contributed by atoms with van der Waals surface area (Å²) in [6.07, 6.45) is 4.13. The van der Waals surface area contributed by atoms with E-state index in [0.29, 0.717) is 6.41 Å². The molecule has 0 spiro atoms. The number of unbranched alkanes of at least 4 members (excludes halogenated alkanes) is 1. The number of amides is 1. The van der Waals surface area contributed by atoms with Crippen LogP contribution in [0.25, 0.3) is 0 Å². The number of nitrogens with one attached hydrogen (secondary N) is 1. The second kappa shape index (κ2) is 6.48. The molecule has 10 heavy (non-hydrogen) atoms. The fourth-order valence-electron chi connectivity index (χ4n) is 0.409. The molecule has 1 atom stereocenters. The highest BCUT2D eigenvalue weighted by molar-refractivity contribution is 7.86. The van der Waals surface area contributed by atoms with Crippen LogP contribution in [0.15, 0.2) is 11.5 Å². The van der Waals surface area contributed by atoms with Crippen molar-refractivity contribution < 1.29 is 9.00 Å². The summed E-state index contributed by atoms with van der Waals surface area (Å²) in [4.78, 5) is 9.71. The van der Waals surface area contributed by atoms with Gasteiger partial charge in [-0.2, -0.15) is 0 Å². The zero-order valence-corrected chi connectivity index (χ0v) is 6.69. The van der Waals surface area contributed by atoms with Gasteiger partial charge in [0, 0.05) is 5.41 Å². The first-order valence-corrected chi connectivity index (χ1v) is 4.29. The van der Waals surface area contributed by atoms with Crippen LogP contribution in [0, 0.1) is 0 Å². The normalized spacial score (nSPS) is 13.3. The quantitative estimate of drug-likeness (QED) is 0.603. The van der Waals surface area contributed by atoms with E-state index in [9.17, 15) is 9.00 Å². The average molecular weight is 161 g/mol. The summed E-state index contributed by atoms with van der Waals surface area (Å²) in [6.45, 7) is 2.03. The largest absolute Gasteiger partial charge is 0.278 e. The van der Waals surface area contributed by atoms with Crippen LogP contribution < -0.4 is 4.72 Å². The molecule has 1 N–H and O–H groups in total. The predicted octanol–water partition coefficient (Wildman–Crippen LogP) is 0.710. The average Bonchev–Trinajstić information content (AvgIpc) is 1.89. The van der Waals surface area contributed by atoms with E-state index in [0.717, 1.165) is 12.8 Å². The molecule has 0 fully saturated rings. The van der Waals surface area contributed by atoms with Gasteiger partial charge in [-0.1, -0.05) is 19.4 Å². The summed E-state index contributed by atoms with van der Waals surface area (Å²) in [6, 6.07) is 0. The predicted molar refractivity (Wildman–Crippen MR) is 41.4 cm³/mol. The molecule has 0 aliphatic rings. The molecule has 0 aromatic carbocycles. The molecular weight excluding hydrogens is 150 g/mol. The smallest absolute Gasteiger partial charge is 0.219 e. The van der Waals surface area contributed by atoms with Crippen molar-refractivity contribution in [1.82, 2.24) is 4.72 Å². The molecule has 0 aliphatic carbocycles. The topological polar surface area (TPSA) is 46.2 Å². The van der Waals surface area contributed by atoms with Crippen LogP contribution in [-0.2, 0) is 15.8 Å². The molecule has 0 saturated heterocycles. The molecule has 0 rings (SSSR count). The first-order chi connectivity index (χ1) is 4.81. The van der Waals surface area contributed by atoms with E-state index in [1.54, 1.807) is 6.08 Å². The van der Waals surface area contributed by atoms with Gasteiger partial charge in [0.1, 0.15) is 11.0 Å². The lowest BCUT2D eigenvalue weighted by Gasteiger charge is -1.88. The fraction of sp³-hybridized carbons (Fsp3) is 0.500. The Morgan fingerprint density at radius 3 is 2.80 bits per heavy atom. The van der Waals surface area contributed by atoms with Gasteiger partial charge in [-0.15, -0.1) is 0 Å². The van der Waals surface area contributed by atoms with Crippen molar-refractivity contribution in [2.75, 3.05) is 0 Å². The third kappa shape index (κ3) is 5.50. The van der Waals surface area contributed by atoms with E-state index >= 15 is 0 Å². The first kappa shape index (κ1) is 9.36. The third-order valence-electron chi connectivity index (χ3n) is 0.839. The molecule has 0 aliphatic heterocycles. The van der Waals surface area contributed by atoms with Crippen LogP contribution in [-0.4, -0.2) is 10.6 Å². The zero-order valence-electron chi connectivity index (χ0n) is 5.87. The van der Waals surface area contributed by atoms with Gasteiger partial charge in [-0.3, -0.25) is 9.52 Å². The highest BCUT2D eigenvalue weighted by Crippen LogP contribution is 1.88. The third-order valence-corrected chi connectivity index (χ3v) is 1.61. The molecule has 1 amide bonds. The Morgan fingerprint density at radius 1 is 1.60 bits per heavy atom. The minimum absolute atomic E-state index is 0.423. The Balaban J connectivity index is 3.45. The number of rotatable bonds is 5. The van der Waals surface area contributed by atoms with Crippen molar-refractivity contribution in [2.24, 2.45) is 0 Å². The van der Waals surface area contributed by atoms with E-state index in [-0.39, 0.29) is 0 Å². The molecule has 0 saturated carbocycles. The van der Waals surface area contributed by atoms with Crippen molar-refractivity contribution in [1.29, 1.82) is 0 Å². The Hall–Kier alpha value is -0.640. The van der Waals surface area contributed by atoms with Crippen molar-refractivity contribution >= 4 is 17.4 Å². The molecule has 0 aromatic rings. The maximum atomic E-state index is 10.6. The second-order valence-corrected chi connectivity index (χ2v) is 2.80. The van der Waals surface area contributed by atoms with E-state index in [4.69, 9.17) is 0 Å². The summed E-state index contributed by atoms with van der Waals surface area (Å²) in [5.74, 6) is 0. The van der Waals surface area contributed by atoms with Gasteiger partial charge >= 0.3 is 0 Å². The van der Waals surface area contributed by atoms with Crippen LogP contribution in [0.5, 0.6) is 0 Å². The van der Waals surface area contributed by atoms with Gasteiger partial charge in [0.2, 0.25) is 6.41 Å². The van der Waals surface area contributed by atoms with Crippen LogP contribution >= 0.6 is 0 Å². The number of allylic oxidation sites excluding steroid dienone is 1. The number of hydrogen-bond donors (Lipinski definition) is 1. The molecule has 4 heteroatoms. The van der Waals surface area contributed by atoms with E-state index in [1.165, 1.54) is 5.41 Å². The Morgan fingerprint density at radius 2 is 2.30 bits per heavy atom. The molecule has 0 heterocycles. The van der Waals surface area contributed by atoms with Crippen LogP contribution in [0.3, 0.4) is 0 Å². The SMILES string of the molecule is CCCC=CS(=O)NC=O. The van der Waals surface area contributed by atoms with Gasteiger partial charge in [0.05, 0.1) is 0 Å². The molecule has 0 radical (unpaired) electrons. The number of hydrogen-bond acceptors (Lipinski definition) is 2. The summed E-state index contributed by atoms with van der Waals surface area (Å²) in [5, 5.41) is 1.47. The number of carbonyl (C=O) groups is 1.